The molecule has 0 spiro atoms. The number of ether oxygens (including phenoxy) is 1. The number of furan rings is 1. The molecule has 0 radical (unpaired) electrons. The van der Waals surface area contributed by atoms with E-state index in [1.54, 1.807) is 6.07 Å². The zero-order valence-electron chi connectivity index (χ0n) is 11.0. The van der Waals surface area contributed by atoms with Crippen LogP contribution in [0.25, 0.3) is 11.0 Å². The second kappa shape index (κ2) is 5.89. The summed E-state index contributed by atoms with van der Waals surface area (Å²) in [6.45, 7) is 1.27. The van der Waals surface area contributed by atoms with Crippen molar-refractivity contribution in [2.75, 3.05) is 19.0 Å². The van der Waals surface area contributed by atoms with Gasteiger partial charge in [-0.3, -0.25) is 9.00 Å². The van der Waals surface area contributed by atoms with E-state index in [4.69, 9.17) is 9.15 Å². The van der Waals surface area contributed by atoms with Crippen LogP contribution in [0.2, 0.25) is 0 Å². The third-order valence-corrected chi connectivity index (χ3v) is 5.28. The van der Waals surface area contributed by atoms with Gasteiger partial charge in [-0.2, -0.15) is 0 Å². The van der Waals surface area contributed by atoms with Crippen molar-refractivity contribution in [2.45, 2.75) is 18.1 Å². The molecular formula is C15H16O4S. The summed E-state index contributed by atoms with van der Waals surface area (Å²) in [5, 5.41) is 0.963. The van der Waals surface area contributed by atoms with Crippen molar-refractivity contribution in [2.24, 2.45) is 0 Å². The van der Waals surface area contributed by atoms with Gasteiger partial charge >= 0.3 is 0 Å². The predicted molar refractivity (Wildman–Crippen MR) is 77.4 cm³/mol. The van der Waals surface area contributed by atoms with Gasteiger partial charge < -0.3 is 9.15 Å². The number of carbonyl (C=O) groups is 1. The van der Waals surface area contributed by atoms with Crippen molar-refractivity contribution in [3.05, 3.63) is 36.1 Å². The second-order valence-electron chi connectivity index (χ2n) is 4.91. The van der Waals surface area contributed by atoms with Gasteiger partial charge in [-0.05, 0) is 25.0 Å². The lowest BCUT2D eigenvalue weighted by atomic mass is 10.2. The molecule has 5 heteroatoms. The molecule has 1 aromatic heterocycles. The Morgan fingerprint density at radius 3 is 2.75 bits per heavy atom. The van der Waals surface area contributed by atoms with Crippen LogP contribution in [0.5, 0.6) is 0 Å². The highest BCUT2D eigenvalue weighted by Crippen LogP contribution is 2.20. The van der Waals surface area contributed by atoms with E-state index in [1.165, 1.54) is 0 Å². The first kappa shape index (κ1) is 13.5. The van der Waals surface area contributed by atoms with E-state index in [0.717, 1.165) is 18.2 Å². The molecule has 1 fully saturated rings. The average molecular weight is 292 g/mol. The van der Waals surface area contributed by atoms with Gasteiger partial charge in [-0.25, -0.2) is 0 Å². The van der Waals surface area contributed by atoms with Gasteiger partial charge in [-0.15, -0.1) is 0 Å². The Balaban J connectivity index is 1.70. The Kier molecular flexibility index (Phi) is 3.98. The number of hydrogen-bond acceptors (Lipinski definition) is 4. The molecule has 0 N–H and O–H groups in total. The fourth-order valence-corrected chi connectivity index (χ4v) is 3.73. The molecule has 0 saturated carbocycles. The molecule has 1 aliphatic rings. The zero-order valence-corrected chi connectivity index (χ0v) is 11.9. The lowest BCUT2D eigenvalue weighted by molar-refractivity contribution is 0.0971. The maximum atomic E-state index is 12.2. The van der Waals surface area contributed by atoms with Crippen molar-refractivity contribution in [1.82, 2.24) is 0 Å². The Hall–Kier alpha value is -1.46. The van der Waals surface area contributed by atoms with Crippen LogP contribution in [-0.4, -0.2) is 34.2 Å². The molecule has 0 aliphatic carbocycles. The van der Waals surface area contributed by atoms with Crippen molar-refractivity contribution in [3.63, 3.8) is 0 Å². The Bertz CT molecular complexity index is 607. The fourth-order valence-electron chi connectivity index (χ4n) is 2.38. The molecule has 3 rings (SSSR count). The summed E-state index contributed by atoms with van der Waals surface area (Å²) >= 11 is 0. The van der Waals surface area contributed by atoms with Gasteiger partial charge in [0.15, 0.2) is 5.76 Å². The molecule has 106 valence electrons. The fraction of sp³-hybridized carbons (Fsp3) is 0.400. The minimum Gasteiger partial charge on any atom is -0.453 e. The quantitative estimate of drug-likeness (QED) is 0.813. The van der Waals surface area contributed by atoms with Gasteiger partial charge in [0.1, 0.15) is 5.58 Å². The van der Waals surface area contributed by atoms with Gasteiger partial charge in [0.25, 0.3) is 0 Å². The highest BCUT2D eigenvalue weighted by atomic mass is 32.2. The lowest BCUT2D eigenvalue weighted by Crippen LogP contribution is -2.28. The van der Waals surface area contributed by atoms with Crippen LogP contribution < -0.4 is 0 Å². The summed E-state index contributed by atoms with van der Waals surface area (Å²) in [5.41, 5.74) is 0.688. The Morgan fingerprint density at radius 1 is 1.25 bits per heavy atom. The van der Waals surface area contributed by atoms with Crippen LogP contribution in [0.15, 0.2) is 34.7 Å². The predicted octanol–water partition coefficient (Wildman–Crippen LogP) is 2.54. The molecule has 1 saturated heterocycles. The van der Waals surface area contributed by atoms with Crippen molar-refractivity contribution in [1.29, 1.82) is 0 Å². The number of rotatable bonds is 4. The average Bonchev–Trinajstić information content (AvgIpc) is 2.92. The van der Waals surface area contributed by atoms with Crippen molar-refractivity contribution < 1.29 is 18.2 Å². The van der Waals surface area contributed by atoms with E-state index in [0.29, 0.717) is 24.6 Å². The maximum Gasteiger partial charge on any atom is 0.210 e. The third-order valence-electron chi connectivity index (χ3n) is 3.51. The first-order chi connectivity index (χ1) is 9.74. The minimum atomic E-state index is -1.15. The van der Waals surface area contributed by atoms with E-state index in [-0.39, 0.29) is 16.8 Å². The molecule has 1 aliphatic heterocycles. The summed E-state index contributed by atoms with van der Waals surface area (Å²) < 4.78 is 22.9. The number of ketones is 1. The summed E-state index contributed by atoms with van der Waals surface area (Å²) in [4.78, 5) is 12.1. The maximum absolute atomic E-state index is 12.2. The van der Waals surface area contributed by atoms with E-state index in [9.17, 15) is 9.00 Å². The standard InChI is InChI=1S/C15H16O4S/c16-13(10-20(17)12-5-7-18-8-6-12)15-9-11-3-1-2-4-14(11)19-15/h1-4,9,12H,5-8,10H2. The SMILES string of the molecule is O=C(CS(=O)C1CCOCC1)c1cc2ccccc2o1. The molecule has 2 heterocycles. The summed E-state index contributed by atoms with van der Waals surface area (Å²) in [6.07, 6.45) is 1.53. The van der Waals surface area contributed by atoms with Crippen LogP contribution in [-0.2, 0) is 15.5 Å². The van der Waals surface area contributed by atoms with Gasteiger partial charge in [0.2, 0.25) is 5.78 Å². The number of carbonyl (C=O) groups excluding carboxylic acids is 1. The number of fused-ring (bicyclic) bond motifs is 1. The van der Waals surface area contributed by atoms with E-state index in [2.05, 4.69) is 0 Å². The highest BCUT2D eigenvalue weighted by Gasteiger charge is 2.24. The molecular weight excluding hydrogens is 276 g/mol. The Morgan fingerprint density at radius 2 is 2.00 bits per heavy atom. The van der Waals surface area contributed by atoms with E-state index < -0.39 is 10.8 Å². The molecule has 1 unspecified atom stereocenters. The topological polar surface area (TPSA) is 56.5 Å². The van der Waals surface area contributed by atoms with Crippen molar-refractivity contribution in [3.8, 4) is 0 Å². The third kappa shape index (κ3) is 2.83. The van der Waals surface area contributed by atoms with Crippen LogP contribution >= 0.6 is 0 Å². The summed E-state index contributed by atoms with van der Waals surface area (Å²) in [7, 11) is -1.15. The van der Waals surface area contributed by atoms with Gasteiger partial charge in [-0.1, -0.05) is 18.2 Å². The first-order valence-electron chi connectivity index (χ1n) is 6.71. The molecule has 0 amide bonds. The molecule has 1 aromatic carbocycles. The summed E-state index contributed by atoms with van der Waals surface area (Å²) in [5.74, 6) is 0.141. The van der Waals surface area contributed by atoms with Gasteiger partial charge in [0, 0.05) is 34.6 Å². The van der Waals surface area contributed by atoms with Crippen LogP contribution in [0.3, 0.4) is 0 Å². The van der Waals surface area contributed by atoms with E-state index >= 15 is 0 Å². The van der Waals surface area contributed by atoms with Crippen LogP contribution in [0.4, 0.5) is 0 Å². The van der Waals surface area contributed by atoms with Crippen LogP contribution in [0, 0.1) is 0 Å². The Labute approximate surface area is 119 Å². The zero-order chi connectivity index (χ0) is 13.9. The molecule has 4 nitrogen and oxygen atoms in total. The minimum absolute atomic E-state index is 0.0322. The second-order valence-corrected chi connectivity index (χ2v) is 6.63. The van der Waals surface area contributed by atoms with Crippen molar-refractivity contribution >= 4 is 27.6 Å². The smallest absolute Gasteiger partial charge is 0.210 e. The number of benzene rings is 1. The normalized spacial score (nSPS) is 18.2. The molecule has 0 bridgehead atoms. The monoisotopic (exact) mass is 292 g/mol. The highest BCUT2D eigenvalue weighted by molar-refractivity contribution is 7.86. The number of para-hydroxylation sites is 1. The van der Waals surface area contributed by atoms with Crippen LogP contribution in [0.1, 0.15) is 23.4 Å². The van der Waals surface area contributed by atoms with E-state index in [1.807, 2.05) is 24.3 Å². The number of hydrogen-bond donors (Lipinski definition) is 0. The lowest BCUT2D eigenvalue weighted by Gasteiger charge is -2.20. The molecule has 2 aromatic rings. The number of Topliss-reactive ketones (excluding diaryl/α,β-unsaturated/α-hetero) is 1. The molecule has 1 atom stereocenters. The summed E-state index contributed by atoms with van der Waals surface area (Å²) in [6, 6.07) is 9.19. The molecule has 20 heavy (non-hydrogen) atoms. The van der Waals surface area contributed by atoms with Gasteiger partial charge in [0.05, 0.1) is 5.75 Å². The largest absolute Gasteiger partial charge is 0.453 e. The first-order valence-corrected chi connectivity index (χ1v) is 8.09.